The summed E-state index contributed by atoms with van der Waals surface area (Å²) in [6.07, 6.45) is 2.54. The number of nitrogens with one attached hydrogen (secondary N) is 3. The molecule has 11 nitrogen and oxygen atoms in total. The minimum absolute atomic E-state index is 0.0229. The number of piperazine rings is 1. The fraction of sp³-hybridized carbons (Fsp3) is 0.344. The van der Waals surface area contributed by atoms with Crippen molar-refractivity contribution in [3.05, 3.63) is 89.3 Å². The predicted octanol–water partition coefficient (Wildman–Crippen LogP) is 3.99. The van der Waals surface area contributed by atoms with Crippen LogP contribution >= 0.6 is 0 Å². The maximum Gasteiger partial charge on any atom is 0.334 e. The van der Waals surface area contributed by atoms with Crippen molar-refractivity contribution in [3.8, 4) is 5.75 Å². The zero-order valence-corrected chi connectivity index (χ0v) is 24.6. The summed E-state index contributed by atoms with van der Waals surface area (Å²) < 4.78 is 5.81. The van der Waals surface area contributed by atoms with Gasteiger partial charge < -0.3 is 35.8 Å². The standard InChI is InChI=1S/C32H39N5O6/c1-4-20-43-26-9-6-5-8-25(26)37-18-16-36(17-19-37)15-7-14-33-32(42)35-24-12-10-23(11-13-24)29-27(30(38)39)21(2)34-22(3)28(29)31(40)41/h4-6,8-13,29,34H,1,7,14-20H2,2-3H3,(H,38,39)(H,40,41)(H2,33,35,42). The van der Waals surface area contributed by atoms with Crippen molar-refractivity contribution in [1.29, 1.82) is 0 Å². The number of carboxylic acids is 2. The number of carboxylic acid groups (broad SMARTS) is 2. The van der Waals surface area contributed by atoms with Crippen molar-refractivity contribution in [2.75, 3.05) is 56.1 Å². The number of hydrogen-bond donors (Lipinski definition) is 5. The summed E-state index contributed by atoms with van der Waals surface area (Å²) in [5.74, 6) is -2.46. The Labute approximate surface area is 251 Å². The zero-order chi connectivity index (χ0) is 30.9. The van der Waals surface area contributed by atoms with Crippen LogP contribution in [0.4, 0.5) is 16.2 Å². The molecule has 1 fully saturated rings. The number of urea groups is 1. The van der Waals surface area contributed by atoms with Crippen LogP contribution < -0.4 is 25.6 Å². The largest absolute Gasteiger partial charge is 0.487 e. The minimum Gasteiger partial charge on any atom is -0.487 e. The van der Waals surface area contributed by atoms with Gasteiger partial charge in [0.25, 0.3) is 0 Å². The molecule has 0 bridgehead atoms. The van der Waals surface area contributed by atoms with Crippen molar-refractivity contribution in [1.82, 2.24) is 15.5 Å². The molecule has 0 aliphatic carbocycles. The Hall–Kier alpha value is -4.77. The molecule has 0 radical (unpaired) electrons. The topological polar surface area (TPSA) is 143 Å². The van der Waals surface area contributed by atoms with E-state index in [4.69, 9.17) is 4.74 Å². The molecule has 2 heterocycles. The molecule has 0 saturated carbocycles. The van der Waals surface area contributed by atoms with Gasteiger partial charge in [0, 0.05) is 49.8 Å². The highest BCUT2D eigenvalue weighted by atomic mass is 16.5. The van der Waals surface area contributed by atoms with Crippen LogP contribution in [0.5, 0.6) is 5.75 Å². The number of nitrogens with zero attached hydrogens (tertiary/aromatic N) is 2. The lowest BCUT2D eigenvalue weighted by Gasteiger charge is -2.36. The van der Waals surface area contributed by atoms with Crippen LogP contribution in [-0.2, 0) is 9.59 Å². The molecule has 2 amide bonds. The second-order valence-corrected chi connectivity index (χ2v) is 10.5. The molecular formula is C32H39N5O6. The molecule has 0 unspecified atom stereocenters. The van der Waals surface area contributed by atoms with Crippen molar-refractivity contribution >= 4 is 29.3 Å². The normalized spacial score (nSPS) is 16.0. The lowest BCUT2D eigenvalue weighted by atomic mass is 9.80. The van der Waals surface area contributed by atoms with Gasteiger partial charge in [-0.05, 0) is 56.6 Å². The molecule has 0 aromatic heterocycles. The van der Waals surface area contributed by atoms with E-state index in [-0.39, 0.29) is 17.2 Å². The van der Waals surface area contributed by atoms with Crippen LogP contribution in [-0.4, -0.2) is 79.0 Å². The highest BCUT2D eigenvalue weighted by Crippen LogP contribution is 2.38. The number of ether oxygens (including phenoxy) is 1. The van der Waals surface area contributed by atoms with Crippen molar-refractivity contribution in [3.63, 3.8) is 0 Å². The first-order valence-electron chi connectivity index (χ1n) is 14.3. The van der Waals surface area contributed by atoms with E-state index in [2.05, 4.69) is 38.4 Å². The summed E-state index contributed by atoms with van der Waals surface area (Å²) in [4.78, 5) is 41.2. The zero-order valence-electron chi connectivity index (χ0n) is 24.6. The van der Waals surface area contributed by atoms with Crippen molar-refractivity contribution in [2.24, 2.45) is 0 Å². The second-order valence-electron chi connectivity index (χ2n) is 10.5. The molecule has 0 atom stereocenters. The minimum atomic E-state index is -1.19. The second kappa shape index (κ2) is 14.4. The van der Waals surface area contributed by atoms with E-state index < -0.39 is 17.9 Å². The van der Waals surface area contributed by atoms with Crippen LogP contribution in [0.15, 0.2) is 83.7 Å². The monoisotopic (exact) mass is 589 g/mol. The van der Waals surface area contributed by atoms with E-state index >= 15 is 0 Å². The van der Waals surface area contributed by atoms with Gasteiger partial charge in [-0.2, -0.15) is 0 Å². The van der Waals surface area contributed by atoms with Gasteiger partial charge in [0.05, 0.1) is 22.8 Å². The van der Waals surface area contributed by atoms with Gasteiger partial charge >= 0.3 is 18.0 Å². The summed E-state index contributed by atoms with van der Waals surface area (Å²) in [6.45, 7) is 12.4. The Morgan fingerprint density at radius 1 is 0.977 bits per heavy atom. The van der Waals surface area contributed by atoms with Gasteiger partial charge in [-0.15, -0.1) is 0 Å². The summed E-state index contributed by atoms with van der Waals surface area (Å²) in [6, 6.07) is 14.3. The van der Waals surface area contributed by atoms with E-state index in [9.17, 15) is 24.6 Å². The van der Waals surface area contributed by atoms with Crippen LogP contribution in [0.1, 0.15) is 31.7 Å². The van der Waals surface area contributed by atoms with Gasteiger partial charge in [0.2, 0.25) is 0 Å². The highest BCUT2D eigenvalue weighted by molar-refractivity contribution is 5.98. The summed E-state index contributed by atoms with van der Waals surface area (Å²) in [5, 5.41) is 28.1. The average Bonchev–Trinajstić information content (AvgIpc) is 2.98. The SMILES string of the molecule is C=CCOc1ccccc1N1CCN(CCCNC(=O)Nc2ccc(C3C(C(=O)O)=C(C)NC(C)=C3C(=O)O)cc2)CC1. The van der Waals surface area contributed by atoms with E-state index in [0.717, 1.165) is 50.6 Å². The Morgan fingerprint density at radius 3 is 2.21 bits per heavy atom. The number of aliphatic carboxylic acids is 2. The van der Waals surface area contributed by atoms with Gasteiger partial charge in [0.1, 0.15) is 12.4 Å². The third-order valence-corrected chi connectivity index (χ3v) is 7.59. The average molecular weight is 590 g/mol. The molecule has 4 rings (SSSR count). The molecule has 11 heteroatoms. The van der Waals surface area contributed by atoms with Gasteiger partial charge in [-0.3, -0.25) is 4.90 Å². The van der Waals surface area contributed by atoms with Crippen LogP contribution in [0.25, 0.3) is 0 Å². The molecule has 1 saturated heterocycles. The van der Waals surface area contributed by atoms with Crippen molar-refractivity contribution in [2.45, 2.75) is 26.2 Å². The number of carbonyl (C=O) groups excluding carboxylic acids is 1. The van der Waals surface area contributed by atoms with Gasteiger partial charge in [-0.1, -0.05) is 36.9 Å². The summed E-state index contributed by atoms with van der Waals surface area (Å²) in [5.41, 5.74) is 2.85. The number of benzene rings is 2. The number of amides is 2. The van der Waals surface area contributed by atoms with E-state index in [1.807, 2.05) is 18.2 Å². The third kappa shape index (κ3) is 7.75. The quantitative estimate of drug-likeness (QED) is 0.183. The summed E-state index contributed by atoms with van der Waals surface area (Å²) >= 11 is 0. The first kappa shape index (κ1) is 31.2. The summed E-state index contributed by atoms with van der Waals surface area (Å²) in [7, 11) is 0. The molecule has 43 heavy (non-hydrogen) atoms. The molecule has 2 aliphatic rings. The number of carbonyl (C=O) groups is 3. The molecule has 2 aromatic rings. The van der Waals surface area contributed by atoms with Gasteiger partial charge in [-0.25, -0.2) is 14.4 Å². The number of para-hydroxylation sites is 2. The van der Waals surface area contributed by atoms with Crippen LogP contribution in [0, 0.1) is 0 Å². The lowest BCUT2D eigenvalue weighted by Crippen LogP contribution is -2.47. The van der Waals surface area contributed by atoms with Gasteiger partial charge in [0.15, 0.2) is 0 Å². The fourth-order valence-electron chi connectivity index (χ4n) is 5.53. The molecule has 228 valence electrons. The number of anilines is 2. The Kier molecular flexibility index (Phi) is 10.4. The van der Waals surface area contributed by atoms with E-state index in [1.54, 1.807) is 44.2 Å². The Morgan fingerprint density at radius 2 is 1.60 bits per heavy atom. The third-order valence-electron chi connectivity index (χ3n) is 7.59. The molecular weight excluding hydrogens is 550 g/mol. The van der Waals surface area contributed by atoms with E-state index in [0.29, 0.717) is 35.8 Å². The smallest absolute Gasteiger partial charge is 0.334 e. The van der Waals surface area contributed by atoms with Crippen molar-refractivity contribution < 1.29 is 29.3 Å². The Balaban J connectivity index is 1.24. The van der Waals surface area contributed by atoms with Crippen LogP contribution in [0.3, 0.4) is 0 Å². The lowest BCUT2D eigenvalue weighted by molar-refractivity contribution is -0.133. The first-order valence-corrected chi connectivity index (χ1v) is 14.3. The van der Waals surface area contributed by atoms with E-state index in [1.165, 1.54) is 0 Å². The molecule has 2 aliphatic heterocycles. The highest BCUT2D eigenvalue weighted by Gasteiger charge is 2.36. The number of allylic oxidation sites excluding steroid dienone is 2. The molecule has 5 N–H and O–H groups in total. The number of rotatable bonds is 12. The fourth-order valence-corrected chi connectivity index (χ4v) is 5.53. The first-order chi connectivity index (χ1) is 20.7. The number of hydrogen-bond acceptors (Lipinski definition) is 7. The van der Waals surface area contributed by atoms with Crippen LogP contribution in [0.2, 0.25) is 0 Å². The molecule has 0 spiro atoms. The number of dihydropyridines is 1. The predicted molar refractivity (Wildman–Crippen MR) is 165 cm³/mol. The maximum atomic E-state index is 12.5. The molecule has 2 aromatic carbocycles. The Bertz CT molecular complexity index is 1370. The maximum absolute atomic E-state index is 12.5.